The summed E-state index contributed by atoms with van der Waals surface area (Å²) >= 11 is 0. The molecule has 1 amide bonds. The predicted octanol–water partition coefficient (Wildman–Crippen LogP) is 13.6. The largest absolute Gasteiger partial charge is 0.756 e. The van der Waals surface area contributed by atoms with Gasteiger partial charge in [-0.15, -0.1) is 0 Å². The summed E-state index contributed by atoms with van der Waals surface area (Å²) in [6.07, 6.45) is 56.1. The molecule has 0 rings (SSSR count). The second-order valence-corrected chi connectivity index (χ2v) is 19.2. The van der Waals surface area contributed by atoms with E-state index in [1.165, 1.54) is 135 Å². The van der Waals surface area contributed by atoms with Crippen molar-refractivity contribution in [1.82, 2.24) is 5.32 Å². The van der Waals surface area contributed by atoms with Gasteiger partial charge in [0.25, 0.3) is 7.82 Å². The van der Waals surface area contributed by atoms with Crippen molar-refractivity contribution in [3.05, 3.63) is 60.8 Å². The summed E-state index contributed by atoms with van der Waals surface area (Å²) in [7, 11) is 1.23. The Morgan fingerprint density at radius 2 is 1.05 bits per heavy atom. The number of allylic oxidation sites excluding steroid dienone is 9. The van der Waals surface area contributed by atoms with Crippen molar-refractivity contribution < 1.29 is 32.9 Å². The summed E-state index contributed by atoms with van der Waals surface area (Å²) in [4.78, 5) is 25.3. The van der Waals surface area contributed by atoms with Crippen LogP contribution in [0.4, 0.5) is 0 Å². The number of nitrogens with one attached hydrogen (secondary N) is 1. The number of aliphatic hydroxyl groups is 1. The lowest BCUT2D eigenvalue weighted by atomic mass is 10.0. The van der Waals surface area contributed by atoms with Crippen LogP contribution < -0.4 is 10.2 Å². The van der Waals surface area contributed by atoms with E-state index < -0.39 is 26.6 Å². The molecule has 0 bridgehead atoms. The molecular weight excluding hydrogens is 768 g/mol. The molecule has 0 aliphatic rings. The number of carbonyl (C=O) groups is 1. The molecule has 0 fully saturated rings. The summed E-state index contributed by atoms with van der Waals surface area (Å²) in [5.74, 6) is -0.217. The Balaban J connectivity index is 4.07. The van der Waals surface area contributed by atoms with Gasteiger partial charge < -0.3 is 28.8 Å². The molecule has 0 heterocycles. The highest BCUT2D eigenvalue weighted by Gasteiger charge is 2.23. The van der Waals surface area contributed by atoms with Crippen LogP contribution in [0.25, 0.3) is 0 Å². The van der Waals surface area contributed by atoms with E-state index in [0.29, 0.717) is 17.4 Å². The summed E-state index contributed by atoms with van der Waals surface area (Å²) in [5, 5.41) is 13.7. The zero-order chi connectivity index (χ0) is 44.3. The molecule has 9 heteroatoms. The SMILES string of the molecule is C/C=C/CC/C=C/CC/C=C/C(O)C(COP(=O)([O-])OCC[N+](C)(C)C)NC(=O)CCCCCCCCCCCCCCC/C=C\C/C=C\CCCCCCCCCCC. The van der Waals surface area contributed by atoms with Crippen LogP contribution in [0.2, 0.25) is 0 Å². The fraction of sp³-hybridized carbons (Fsp3) is 0.784. The second kappa shape index (κ2) is 42.5. The van der Waals surface area contributed by atoms with Gasteiger partial charge in [-0.05, 0) is 71.1 Å². The lowest BCUT2D eigenvalue weighted by Crippen LogP contribution is -2.45. The Hall–Kier alpha value is -1.80. The quantitative estimate of drug-likeness (QED) is 0.0273. The molecular formula is C51H95N2O6P. The zero-order valence-electron chi connectivity index (χ0n) is 39.6. The third kappa shape index (κ3) is 44.3. The van der Waals surface area contributed by atoms with Crippen LogP contribution >= 0.6 is 7.82 Å². The molecule has 2 N–H and O–H groups in total. The number of aliphatic hydroxyl groups excluding tert-OH is 1. The molecule has 0 aliphatic heterocycles. The molecule has 0 aromatic rings. The lowest BCUT2D eigenvalue weighted by molar-refractivity contribution is -0.870. The second-order valence-electron chi connectivity index (χ2n) is 17.8. The highest BCUT2D eigenvalue weighted by Crippen LogP contribution is 2.38. The van der Waals surface area contributed by atoms with Gasteiger partial charge in [-0.1, -0.05) is 190 Å². The number of rotatable bonds is 44. The first-order valence-electron chi connectivity index (χ1n) is 24.6. The molecule has 0 saturated carbocycles. The number of hydrogen-bond acceptors (Lipinski definition) is 6. The van der Waals surface area contributed by atoms with Gasteiger partial charge >= 0.3 is 0 Å². The number of phosphoric acid groups is 1. The van der Waals surface area contributed by atoms with Crippen molar-refractivity contribution in [2.24, 2.45) is 0 Å². The van der Waals surface area contributed by atoms with Crippen LogP contribution in [-0.2, 0) is 18.4 Å². The van der Waals surface area contributed by atoms with E-state index in [9.17, 15) is 19.4 Å². The average molecular weight is 863 g/mol. The van der Waals surface area contributed by atoms with Crippen LogP contribution in [0.15, 0.2) is 60.8 Å². The monoisotopic (exact) mass is 863 g/mol. The molecule has 0 radical (unpaired) electrons. The van der Waals surface area contributed by atoms with Crippen molar-refractivity contribution >= 4 is 13.7 Å². The number of carbonyl (C=O) groups excluding carboxylic acids is 1. The third-order valence-corrected chi connectivity index (χ3v) is 11.7. The van der Waals surface area contributed by atoms with Crippen molar-refractivity contribution in [1.29, 1.82) is 0 Å². The Bertz CT molecular complexity index is 1160. The first-order valence-corrected chi connectivity index (χ1v) is 26.1. The average Bonchev–Trinajstić information content (AvgIpc) is 3.20. The van der Waals surface area contributed by atoms with Gasteiger partial charge in [0.1, 0.15) is 13.2 Å². The molecule has 0 aromatic heterocycles. The third-order valence-electron chi connectivity index (χ3n) is 10.8. The fourth-order valence-corrected chi connectivity index (χ4v) is 7.59. The van der Waals surface area contributed by atoms with Gasteiger partial charge in [0.05, 0.1) is 39.9 Å². The number of amides is 1. The lowest BCUT2D eigenvalue weighted by Gasteiger charge is -2.29. The number of unbranched alkanes of at least 4 members (excludes halogenated alkanes) is 24. The van der Waals surface area contributed by atoms with Crippen molar-refractivity contribution in [3.63, 3.8) is 0 Å². The maximum atomic E-state index is 12.8. The molecule has 0 aliphatic carbocycles. The summed E-state index contributed by atoms with van der Waals surface area (Å²) in [6, 6.07) is -0.909. The number of likely N-dealkylation sites (N-methyl/N-ethyl adjacent to an activating group) is 1. The van der Waals surface area contributed by atoms with E-state index in [1.807, 2.05) is 40.2 Å². The molecule has 350 valence electrons. The van der Waals surface area contributed by atoms with E-state index in [4.69, 9.17) is 9.05 Å². The van der Waals surface area contributed by atoms with Crippen LogP contribution in [0.1, 0.15) is 206 Å². The van der Waals surface area contributed by atoms with Gasteiger partial charge in [-0.2, -0.15) is 0 Å². The fourth-order valence-electron chi connectivity index (χ4n) is 6.87. The van der Waals surface area contributed by atoms with Crippen LogP contribution in [0.3, 0.4) is 0 Å². The topological polar surface area (TPSA) is 108 Å². The highest BCUT2D eigenvalue weighted by atomic mass is 31.2. The minimum atomic E-state index is -4.60. The normalized spacial score (nSPS) is 14.7. The van der Waals surface area contributed by atoms with E-state index in [0.717, 1.165) is 51.4 Å². The predicted molar refractivity (Wildman–Crippen MR) is 256 cm³/mol. The zero-order valence-corrected chi connectivity index (χ0v) is 40.5. The molecule has 8 nitrogen and oxygen atoms in total. The maximum absolute atomic E-state index is 12.8. The Kier molecular flexibility index (Phi) is 41.2. The van der Waals surface area contributed by atoms with E-state index in [-0.39, 0.29) is 12.5 Å². The first-order chi connectivity index (χ1) is 29.0. The number of phosphoric ester groups is 1. The molecule has 0 aromatic carbocycles. The number of nitrogens with zero attached hydrogens (tertiary/aromatic N) is 1. The van der Waals surface area contributed by atoms with Gasteiger partial charge in [0, 0.05) is 6.42 Å². The van der Waals surface area contributed by atoms with E-state index in [2.05, 4.69) is 54.8 Å². The molecule has 0 saturated heterocycles. The van der Waals surface area contributed by atoms with Crippen molar-refractivity contribution in [3.8, 4) is 0 Å². The minimum absolute atomic E-state index is 0.0112. The van der Waals surface area contributed by atoms with Crippen LogP contribution in [-0.4, -0.2) is 68.5 Å². The summed E-state index contributed by atoms with van der Waals surface area (Å²) < 4.78 is 23.1. The van der Waals surface area contributed by atoms with Gasteiger partial charge in [0.2, 0.25) is 5.91 Å². The van der Waals surface area contributed by atoms with Gasteiger partial charge in [-0.25, -0.2) is 0 Å². The highest BCUT2D eigenvalue weighted by molar-refractivity contribution is 7.45. The Morgan fingerprint density at radius 1 is 0.617 bits per heavy atom. The summed E-state index contributed by atoms with van der Waals surface area (Å²) in [5.41, 5.74) is 0. The number of quaternary nitrogens is 1. The first kappa shape index (κ1) is 58.2. The molecule has 60 heavy (non-hydrogen) atoms. The maximum Gasteiger partial charge on any atom is 0.268 e. The summed E-state index contributed by atoms with van der Waals surface area (Å²) in [6.45, 7) is 4.37. The van der Waals surface area contributed by atoms with Crippen LogP contribution in [0, 0.1) is 0 Å². The smallest absolute Gasteiger partial charge is 0.268 e. The minimum Gasteiger partial charge on any atom is -0.756 e. The molecule has 0 spiro atoms. The van der Waals surface area contributed by atoms with Crippen LogP contribution in [0.5, 0.6) is 0 Å². The van der Waals surface area contributed by atoms with Crippen molar-refractivity contribution in [2.45, 2.75) is 219 Å². The van der Waals surface area contributed by atoms with E-state index >= 15 is 0 Å². The van der Waals surface area contributed by atoms with Crippen molar-refractivity contribution in [2.75, 3.05) is 40.9 Å². The molecule has 3 unspecified atom stereocenters. The standard InChI is InChI=1S/C51H95N2O6P/c1-6-8-10-12-14-16-17-18-19-20-21-22-23-24-25-26-27-28-29-30-31-32-33-34-35-37-39-41-43-45-51(55)52-49(48-59-60(56,57)58-47-46-53(3,4)5)50(54)44-42-40-38-36-15-13-11-9-7-2/h7,9,15,21-22,24-25,36,42,44,49-50,54H,6,8,10-14,16-20,23,26-35,37-41,43,45-48H2,1-5H3,(H-,52,55,56,57)/b9-7+,22-21-,25-24-,36-15+,44-42+. The number of hydrogen-bond donors (Lipinski definition) is 2. The van der Waals surface area contributed by atoms with Gasteiger partial charge in [-0.3, -0.25) is 9.36 Å². The van der Waals surface area contributed by atoms with Gasteiger partial charge in [0.15, 0.2) is 0 Å². The molecule has 3 atom stereocenters. The Morgan fingerprint density at radius 3 is 1.53 bits per heavy atom. The van der Waals surface area contributed by atoms with E-state index in [1.54, 1.807) is 6.08 Å². The Labute approximate surface area is 371 Å².